The highest BCUT2D eigenvalue weighted by atomic mass is 16.4. The van der Waals surface area contributed by atoms with Crippen LogP contribution in [0.5, 0.6) is 0 Å². The van der Waals surface area contributed by atoms with Gasteiger partial charge in [0.05, 0.1) is 19.6 Å². The number of nitrogens with zero attached hydrogens (tertiary/aromatic N) is 3. The molecule has 1 aliphatic rings. The molecule has 5 N–H and O–H groups in total. The fraction of sp³-hybridized carbons (Fsp3) is 0.565. The Morgan fingerprint density at radius 1 is 0.941 bits per heavy atom. The average molecular weight is 485 g/mol. The minimum absolute atomic E-state index is 0.0352. The van der Waals surface area contributed by atoms with E-state index in [0.717, 1.165) is 33.2 Å². The molecular formula is C23H40N4O7. The Morgan fingerprint density at radius 3 is 1.94 bits per heavy atom. The van der Waals surface area contributed by atoms with Crippen molar-refractivity contribution in [3.63, 3.8) is 0 Å². The zero-order valence-corrected chi connectivity index (χ0v) is 20.4. The maximum Gasteiger partial charge on any atom is 0.317 e. The predicted octanol–water partition coefficient (Wildman–Crippen LogP) is -1.37. The average Bonchev–Trinajstić information content (AvgIpc) is 2.90. The Balaban J connectivity index is 0. The molecule has 0 spiro atoms. The monoisotopic (exact) mass is 484 g/mol. The molecule has 194 valence electrons. The van der Waals surface area contributed by atoms with Crippen molar-refractivity contribution in [3.8, 4) is 0 Å². The highest BCUT2D eigenvalue weighted by molar-refractivity contribution is 5.69. The van der Waals surface area contributed by atoms with Crippen LogP contribution in [0.15, 0.2) is 24.3 Å². The third kappa shape index (κ3) is 15.2. The van der Waals surface area contributed by atoms with Gasteiger partial charge in [-0.15, -0.1) is 0 Å². The van der Waals surface area contributed by atoms with E-state index in [1.54, 1.807) is 0 Å². The van der Waals surface area contributed by atoms with Crippen molar-refractivity contribution in [3.05, 3.63) is 35.4 Å². The van der Waals surface area contributed by atoms with Gasteiger partial charge >= 0.3 is 5.97 Å². The number of aldehydes is 2. The first-order valence-corrected chi connectivity index (χ1v) is 10.8. The molecule has 34 heavy (non-hydrogen) atoms. The van der Waals surface area contributed by atoms with Crippen LogP contribution in [0.25, 0.3) is 0 Å². The number of aliphatic hydroxyl groups excluding tert-OH is 2. The SMILES string of the molecule is CO.CO.Cc1ccc(CC2CN(CC=O)CCN(CC(=O)O)CCN2CC=O)cc1.NC=O. The van der Waals surface area contributed by atoms with Crippen LogP contribution in [-0.2, 0) is 25.6 Å². The second-order valence-corrected chi connectivity index (χ2v) is 7.24. The summed E-state index contributed by atoms with van der Waals surface area (Å²) in [6.07, 6.45) is 2.81. The predicted molar refractivity (Wildman–Crippen MR) is 129 cm³/mol. The van der Waals surface area contributed by atoms with Crippen molar-refractivity contribution >= 4 is 25.0 Å². The summed E-state index contributed by atoms with van der Waals surface area (Å²) in [5, 5.41) is 23.1. The van der Waals surface area contributed by atoms with Crippen LogP contribution in [0.1, 0.15) is 11.1 Å². The van der Waals surface area contributed by atoms with Gasteiger partial charge < -0.3 is 30.6 Å². The molecule has 1 atom stereocenters. The molecule has 1 heterocycles. The second kappa shape index (κ2) is 22.1. The lowest BCUT2D eigenvalue weighted by Crippen LogP contribution is -2.47. The first kappa shape index (κ1) is 33.5. The second-order valence-electron chi connectivity index (χ2n) is 7.24. The van der Waals surface area contributed by atoms with Gasteiger partial charge in [-0.25, -0.2) is 0 Å². The van der Waals surface area contributed by atoms with Gasteiger partial charge in [0.25, 0.3) is 0 Å². The molecule has 1 saturated heterocycles. The summed E-state index contributed by atoms with van der Waals surface area (Å²) >= 11 is 0. The molecule has 1 amide bonds. The van der Waals surface area contributed by atoms with Crippen molar-refractivity contribution in [2.24, 2.45) is 5.73 Å². The molecular weight excluding hydrogens is 444 g/mol. The van der Waals surface area contributed by atoms with E-state index in [4.69, 9.17) is 20.1 Å². The summed E-state index contributed by atoms with van der Waals surface area (Å²) in [4.78, 5) is 48.1. The molecule has 1 unspecified atom stereocenters. The first-order valence-electron chi connectivity index (χ1n) is 10.8. The standard InChI is InChI=1S/C20H29N3O4.CH3NO.2CH4O/c1-17-2-4-18(5-3-17)14-19-15-22(10-12-24)7-6-21(16-20(26)27)8-9-23(19)11-13-25;2-1-3;2*1-2/h2-5,12-13,19H,6-11,14-16H2,1H3,(H,26,27);1H,(H2,2,3);2*2H,1H3. The Morgan fingerprint density at radius 2 is 1.44 bits per heavy atom. The molecule has 1 fully saturated rings. The van der Waals surface area contributed by atoms with E-state index in [1.807, 2.05) is 16.7 Å². The summed E-state index contributed by atoms with van der Waals surface area (Å²) in [6, 6.07) is 8.44. The molecule has 1 aromatic rings. The highest BCUT2D eigenvalue weighted by Gasteiger charge is 2.25. The normalized spacial score (nSPS) is 16.9. The van der Waals surface area contributed by atoms with Crippen molar-refractivity contribution in [1.82, 2.24) is 14.7 Å². The fourth-order valence-electron chi connectivity index (χ4n) is 3.50. The number of aryl methyl sites for hydroxylation is 1. The smallest absolute Gasteiger partial charge is 0.317 e. The van der Waals surface area contributed by atoms with Gasteiger partial charge in [0.15, 0.2) is 0 Å². The number of carbonyl (C=O) groups is 4. The number of nitrogens with two attached hydrogens (primary N) is 1. The maximum atomic E-state index is 11.2. The number of benzene rings is 1. The number of hydrogen-bond donors (Lipinski definition) is 4. The lowest BCUT2D eigenvalue weighted by molar-refractivity contribution is -0.138. The van der Waals surface area contributed by atoms with E-state index >= 15 is 0 Å². The van der Waals surface area contributed by atoms with Crippen molar-refractivity contribution in [2.75, 3.05) is 66.6 Å². The van der Waals surface area contributed by atoms with Gasteiger partial charge in [-0.3, -0.25) is 24.3 Å². The van der Waals surface area contributed by atoms with Crippen molar-refractivity contribution in [2.45, 2.75) is 19.4 Å². The van der Waals surface area contributed by atoms with Crippen LogP contribution in [0, 0.1) is 6.92 Å². The number of carbonyl (C=O) groups excluding carboxylic acids is 3. The summed E-state index contributed by atoms with van der Waals surface area (Å²) in [7, 11) is 2.00. The minimum Gasteiger partial charge on any atom is -0.480 e. The van der Waals surface area contributed by atoms with E-state index in [1.165, 1.54) is 11.1 Å². The maximum absolute atomic E-state index is 11.2. The van der Waals surface area contributed by atoms with E-state index in [0.29, 0.717) is 45.8 Å². The largest absolute Gasteiger partial charge is 0.480 e. The van der Waals surface area contributed by atoms with Gasteiger partial charge in [-0.05, 0) is 18.9 Å². The number of aliphatic hydroxyl groups is 2. The van der Waals surface area contributed by atoms with Crippen molar-refractivity contribution in [1.29, 1.82) is 0 Å². The van der Waals surface area contributed by atoms with Crippen LogP contribution in [0.4, 0.5) is 0 Å². The third-order valence-corrected chi connectivity index (χ3v) is 5.01. The topological polar surface area (TPSA) is 165 Å². The van der Waals surface area contributed by atoms with E-state index in [-0.39, 0.29) is 19.0 Å². The van der Waals surface area contributed by atoms with Crippen LogP contribution in [-0.4, -0.2) is 128 Å². The van der Waals surface area contributed by atoms with Crippen LogP contribution in [0.3, 0.4) is 0 Å². The molecule has 11 nitrogen and oxygen atoms in total. The van der Waals surface area contributed by atoms with Crippen LogP contribution < -0.4 is 5.73 Å². The lowest BCUT2D eigenvalue weighted by Gasteiger charge is -2.33. The molecule has 1 aromatic carbocycles. The quantitative estimate of drug-likeness (QED) is 0.323. The van der Waals surface area contributed by atoms with Gasteiger partial charge in [0, 0.05) is 53.0 Å². The molecule has 0 radical (unpaired) electrons. The van der Waals surface area contributed by atoms with Gasteiger partial charge in [0.2, 0.25) is 6.41 Å². The molecule has 11 heteroatoms. The van der Waals surface area contributed by atoms with Crippen LogP contribution >= 0.6 is 0 Å². The number of primary amides is 1. The molecule has 0 saturated carbocycles. The molecule has 0 aromatic heterocycles. The van der Waals surface area contributed by atoms with E-state index in [9.17, 15) is 14.4 Å². The zero-order chi connectivity index (χ0) is 26.4. The van der Waals surface area contributed by atoms with Gasteiger partial charge in [0.1, 0.15) is 12.6 Å². The summed E-state index contributed by atoms with van der Waals surface area (Å²) in [6.45, 7) is 5.71. The highest BCUT2D eigenvalue weighted by Crippen LogP contribution is 2.13. The Labute approximate surface area is 201 Å². The molecule has 0 aliphatic carbocycles. The Hall–Kier alpha value is -2.70. The number of carboxylic acid groups (broad SMARTS) is 1. The van der Waals surface area contributed by atoms with E-state index in [2.05, 4.69) is 34.9 Å². The number of rotatable bonds is 8. The third-order valence-electron chi connectivity index (χ3n) is 5.01. The van der Waals surface area contributed by atoms with E-state index < -0.39 is 5.97 Å². The molecule has 2 rings (SSSR count). The molecule has 0 bridgehead atoms. The summed E-state index contributed by atoms with van der Waals surface area (Å²) < 4.78 is 0. The number of hydrogen-bond acceptors (Lipinski definition) is 9. The Bertz CT molecular complexity index is 674. The van der Waals surface area contributed by atoms with Crippen molar-refractivity contribution < 1.29 is 34.5 Å². The fourth-order valence-corrected chi connectivity index (χ4v) is 3.50. The molecule has 1 aliphatic heterocycles. The number of aliphatic carboxylic acids is 1. The number of carboxylic acids is 1. The van der Waals surface area contributed by atoms with Gasteiger partial charge in [-0.1, -0.05) is 29.8 Å². The number of amides is 1. The summed E-state index contributed by atoms with van der Waals surface area (Å²) in [5.74, 6) is -0.866. The Kier molecular flexibility index (Phi) is 21.8. The lowest BCUT2D eigenvalue weighted by atomic mass is 10.0. The van der Waals surface area contributed by atoms with Gasteiger partial charge in [-0.2, -0.15) is 0 Å². The minimum atomic E-state index is -0.866. The summed E-state index contributed by atoms with van der Waals surface area (Å²) in [5.41, 5.74) is 6.55. The first-order chi connectivity index (χ1) is 16.4. The zero-order valence-electron chi connectivity index (χ0n) is 20.4. The van der Waals surface area contributed by atoms with Crippen LogP contribution in [0.2, 0.25) is 0 Å².